The van der Waals surface area contributed by atoms with Crippen molar-refractivity contribution >= 4 is 33.4 Å². The fourth-order valence-corrected chi connectivity index (χ4v) is 5.80. The van der Waals surface area contributed by atoms with E-state index in [1.54, 1.807) is 18.4 Å². The molecule has 1 saturated heterocycles. The second-order valence-corrected chi connectivity index (χ2v) is 10.2. The van der Waals surface area contributed by atoms with Crippen molar-refractivity contribution < 1.29 is 19.1 Å². The largest absolute Gasteiger partial charge is 0.496 e. The van der Waals surface area contributed by atoms with Crippen molar-refractivity contribution in [1.82, 2.24) is 14.4 Å². The van der Waals surface area contributed by atoms with Gasteiger partial charge in [-0.3, -0.25) is 9.59 Å². The first-order chi connectivity index (χ1) is 18.0. The van der Waals surface area contributed by atoms with Crippen molar-refractivity contribution in [2.45, 2.75) is 26.1 Å². The maximum atomic E-state index is 13.7. The quantitative estimate of drug-likeness (QED) is 0.341. The molecule has 1 aliphatic heterocycles. The molecule has 0 aliphatic carbocycles. The van der Waals surface area contributed by atoms with Crippen LogP contribution >= 0.6 is 11.3 Å². The maximum Gasteiger partial charge on any atom is 0.270 e. The molecular formula is C29H31N3O4S. The van der Waals surface area contributed by atoms with Gasteiger partial charge in [0.15, 0.2) is 0 Å². The van der Waals surface area contributed by atoms with Crippen LogP contribution in [0.3, 0.4) is 0 Å². The Kier molecular flexibility index (Phi) is 7.58. The van der Waals surface area contributed by atoms with Gasteiger partial charge in [0, 0.05) is 36.6 Å². The topological polar surface area (TPSA) is 64.0 Å². The van der Waals surface area contributed by atoms with Gasteiger partial charge in [-0.15, -0.1) is 11.3 Å². The molecule has 4 aromatic rings. The summed E-state index contributed by atoms with van der Waals surface area (Å²) in [6.45, 7) is 4.42. The van der Waals surface area contributed by atoms with Crippen LogP contribution in [-0.2, 0) is 22.7 Å². The van der Waals surface area contributed by atoms with E-state index in [1.165, 1.54) is 0 Å². The molecule has 2 aromatic carbocycles. The highest BCUT2D eigenvalue weighted by atomic mass is 32.1. The van der Waals surface area contributed by atoms with Gasteiger partial charge in [-0.25, -0.2) is 0 Å². The molecule has 1 atom stereocenters. The number of carbonyl (C=O) groups is 2. The molecule has 1 fully saturated rings. The van der Waals surface area contributed by atoms with Crippen molar-refractivity contribution in [1.29, 1.82) is 0 Å². The van der Waals surface area contributed by atoms with Gasteiger partial charge in [0.2, 0.25) is 5.91 Å². The number of rotatable bonds is 8. The molecule has 37 heavy (non-hydrogen) atoms. The number of aromatic nitrogens is 1. The molecular weight excluding hydrogens is 486 g/mol. The van der Waals surface area contributed by atoms with Crippen molar-refractivity contribution in [2.24, 2.45) is 0 Å². The summed E-state index contributed by atoms with van der Waals surface area (Å²) in [5, 5.41) is 3.10. The molecule has 1 aliphatic rings. The zero-order chi connectivity index (χ0) is 25.8. The van der Waals surface area contributed by atoms with Crippen molar-refractivity contribution in [2.75, 3.05) is 33.4 Å². The number of ether oxygens (including phenoxy) is 2. The number of benzene rings is 2. The van der Waals surface area contributed by atoms with Crippen LogP contribution in [0.5, 0.6) is 5.75 Å². The lowest BCUT2D eigenvalue weighted by molar-refractivity contribution is -0.140. The predicted octanol–water partition coefficient (Wildman–Crippen LogP) is 4.65. The predicted molar refractivity (Wildman–Crippen MR) is 145 cm³/mol. The SMILES string of the molecule is COc1ccccc1Cn1c(C(=O)N2CCN(C(=O)COCc3ccccc3)[C@@H](C)C2)cc2ccsc21. The summed E-state index contributed by atoms with van der Waals surface area (Å²) < 4.78 is 13.3. The Hall–Kier alpha value is -3.62. The van der Waals surface area contributed by atoms with E-state index in [-0.39, 0.29) is 24.5 Å². The molecule has 192 valence electrons. The maximum absolute atomic E-state index is 13.7. The molecule has 0 spiro atoms. The third-order valence-corrected chi connectivity index (χ3v) is 7.77. The van der Waals surface area contributed by atoms with Crippen LogP contribution in [-0.4, -0.2) is 65.6 Å². The Morgan fingerprint density at radius 1 is 1.03 bits per heavy atom. The number of carbonyl (C=O) groups excluding carboxylic acids is 2. The zero-order valence-electron chi connectivity index (χ0n) is 21.1. The molecule has 0 bridgehead atoms. The van der Waals surface area contributed by atoms with Crippen LogP contribution in [0.1, 0.15) is 28.5 Å². The number of fused-ring (bicyclic) bond motifs is 1. The molecule has 7 nitrogen and oxygen atoms in total. The normalized spacial score (nSPS) is 15.8. The van der Waals surface area contributed by atoms with E-state index in [9.17, 15) is 9.59 Å². The third-order valence-electron chi connectivity index (χ3n) is 6.81. The molecule has 5 rings (SSSR count). The molecule has 0 saturated carbocycles. The molecule has 0 radical (unpaired) electrons. The fourth-order valence-electron chi connectivity index (χ4n) is 4.90. The van der Waals surface area contributed by atoms with Gasteiger partial charge in [-0.2, -0.15) is 0 Å². The first-order valence-corrected chi connectivity index (χ1v) is 13.3. The lowest BCUT2D eigenvalue weighted by Crippen LogP contribution is -2.56. The molecule has 2 aromatic heterocycles. The van der Waals surface area contributed by atoms with E-state index >= 15 is 0 Å². The minimum atomic E-state index is -0.0933. The first-order valence-electron chi connectivity index (χ1n) is 12.4. The average molecular weight is 518 g/mol. The van der Waals surface area contributed by atoms with Crippen LogP contribution in [0.25, 0.3) is 10.2 Å². The summed E-state index contributed by atoms with van der Waals surface area (Å²) in [6, 6.07) is 21.6. The van der Waals surface area contributed by atoms with Gasteiger partial charge in [0.1, 0.15) is 22.9 Å². The van der Waals surface area contributed by atoms with Gasteiger partial charge in [0.25, 0.3) is 5.91 Å². The number of hydrogen-bond donors (Lipinski definition) is 0. The van der Waals surface area contributed by atoms with Crippen LogP contribution in [0.15, 0.2) is 72.1 Å². The Labute approximate surface area is 220 Å². The van der Waals surface area contributed by atoms with Crippen LogP contribution in [0, 0.1) is 0 Å². The van der Waals surface area contributed by atoms with E-state index in [1.807, 2.05) is 88.8 Å². The number of amides is 2. The van der Waals surface area contributed by atoms with Crippen LogP contribution in [0.4, 0.5) is 0 Å². The number of nitrogens with zero attached hydrogens (tertiary/aromatic N) is 3. The Bertz CT molecular complexity index is 1380. The van der Waals surface area contributed by atoms with Crippen molar-refractivity contribution in [3.63, 3.8) is 0 Å². The fraction of sp³-hybridized carbons (Fsp3) is 0.310. The highest BCUT2D eigenvalue weighted by Crippen LogP contribution is 2.29. The molecule has 0 N–H and O–H groups in total. The van der Waals surface area contributed by atoms with Gasteiger partial charge in [0.05, 0.1) is 20.3 Å². The smallest absolute Gasteiger partial charge is 0.270 e. The lowest BCUT2D eigenvalue weighted by Gasteiger charge is -2.40. The first kappa shape index (κ1) is 25.0. The van der Waals surface area contributed by atoms with Gasteiger partial charge in [-0.1, -0.05) is 48.5 Å². The van der Waals surface area contributed by atoms with E-state index in [0.717, 1.165) is 27.1 Å². The second-order valence-electron chi connectivity index (χ2n) is 9.27. The molecule has 8 heteroatoms. The number of piperazine rings is 1. The number of thiophene rings is 1. The molecule has 0 unspecified atom stereocenters. The Balaban J connectivity index is 1.26. The lowest BCUT2D eigenvalue weighted by atomic mass is 10.1. The minimum Gasteiger partial charge on any atom is -0.496 e. The van der Waals surface area contributed by atoms with E-state index in [2.05, 4.69) is 4.57 Å². The van der Waals surface area contributed by atoms with Crippen molar-refractivity contribution in [3.8, 4) is 5.75 Å². The summed E-state index contributed by atoms with van der Waals surface area (Å²) >= 11 is 1.63. The van der Waals surface area contributed by atoms with Crippen LogP contribution < -0.4 is 4.74 Å². The third kappa shape index (κ3) is 5.40. The summed E-state index contributed by atoms with van der Waals surface area (Å²) in [7, 11) is 1.66. The van der Waals surface area contributed by atoms with E-state index in [4.69, 9.17) is 9.47 Å². The number of methoxy groups -OCH3 is 1. The summed E-state index contributed by atoms with van der Waals surface area (Å²) in [5.41, 5.74) is 2.71. The minimum absolute atomic E-state index is 0.0161. The van der Waals surface area contributed by atoms with Crippen LogP contribution in [0.2, 0.25) is 0 Å². The van der Waals surface area contributed by atoms with E-state index in [0.29, 0.717) is 38.5 Å². The van der Waals surface area contributed by atoms with Gasteiger partial charge >= 0.3 is 0 Å². The second kappa shape index (κ2) is 11.2. The zero-order valence-corrected chi connectivity index (χ0v) is 21.9. The summed E-state index contributed by atoms with van der Waals surface area (Å²) in [6.07, 6.45) is 0. The highest BCUT2D eigenvalue weighted by Gasteiger charge is 2.31. The summed E-state index contributed by atoms with van der Waals surface area (Å²) in [4.78, 5) is 31.3. The number of para-hydroxylation sites is 1. The monoisotopic (exact) mass is 517 g/mol. The van der Waals surface area contributed by atoms with Gasteiger partial charge < -0.3 is 23.8 Å². The molecule has 2 amide bonds. The number of hydrogen-bond acceptors (Lipinski definition) is 5. The van der Waals surface area contributed by atoms with Crippen molar-refractivity contribution in [3.05, 3.63) is 88.9 Å². The van der Waals surface area contributed by atoms with E-state index < -0.39 is 0 Å². The average Bonchev–Trinajstić information content (AvgIpc) is 3.51. The standard InChI is InChI=1S/C29H31N3O4S/c1-21-17-30(13-14-31(21)27(33)20-36-19-22-8-4-3-5-9-22)28(34)25-16-23-12-15-37-29(23)32(25)18-24-10-6-7-11-26(24)35-2/h3-12,15-16,21H,13-14,17-20H2,1-2H3/t21-/m0/s1. The molecule has 3 heterocycles. The highest BCUT2D eigenvalue weighted by molar-refractivity contribution is 7.16. The Morgan fingerprint density at radius 2 is 1.81 bits per heavy atom. The summed E-state index contributed by atoms with van der Waals surface area (Å²) in [5.74, 6) is 0.739. The van der Waals surface area contributed by atoms with Gasteiger partial charge in [-0.05, 0) is 36.1 Å². The Morgan fingerprint density at radius 3 is 2.59 bits per heavy atom.